The lowest BCUT2D eigenvalue weighted by atomic mass is 10.2. The Bertz CT molecular complexity index is 142. The third kappa shape index (κ3) is 2.51. The molecule has 9 heavy (non-hydrogen) atoms. The van der Waals surface area contributed by atoms with Gasteiger partial charge < -0.3 is 4.84 Å². The lowest BCUT2D eigenvalue weighted by Gasteiger charge is -1.98. The molecule has 50 valence electrons. The molecule has 0 spiro atoms. The largest absolute Gasteiger partial charge is 0.345 e. The molecule has 0 radical (unpaired) electrons. The lowest BCUT2D eigenvalue weighted by molar-refractivity contribution is 0.252. The van der Waals surface area contributed by atoms with Gasteiger partial charge in [0.25, 0.3) is 0 Å². The summed E-state index contributed by atoms with van der Waals surface area (Å²) in [6.45, 7) is 0. The highest BCUT2D eigenvalue weighted by Crippen LogP contribution is 2.09. The van der Waals surface area contributed by atoms with Crippen LogP contribution in [0.4, 0.5) is 0 Å². The molecule has 0 N–H and O–H groups in total. The van der Waals surface area contributed by atoms with Gasteiger partial charge in [0, 0.05) is 6.21 Å². The molecule has 1 aliphatic rings. The molecule has 1 aliphatic heterocycles. The van der Waals surface area contributed by atoms with Gasteiger partial charge in [0.05, 0.1) is 0 Å². The van der Waals surface area contributed by atoms with Crippen molar-refractivity contribution in [3.05, 3.63) is 11.3 Å². The van der Waals surface area contributed by atoms with E-state index in [1.807, 2.05) is 6.08 Å². The topological polar surface area (TPSA) is 21.6 Å². The van der Waals surface area contributed by atoms with Gasteiger partial charge in [-0.15, -0.1) is 0 Å². The third-order valence-corrected chi connectivity index (χ3v) is 1.28. The van der Waals surface area contributed by atoms with E-state index in [0.29, 0.717) is 5.22 Å². The van der Waals surface area contributed by atoms with Crippen molar-refractivity contribution in [1.29, 1.82) is 0 Å². The fourth-order valence-corrected chi connectivity index (χ4v) is 0.751. The molecule has 0 atom stereocenters. The van der Waals surface area contributed by atoms with Gasteiger partial charge in [-0.05, 0) is 36.9 Å². The van der Waals surface area contributed by atoms with Crippen LogP contribution in [0.15, 0.2) is 16.5 Å². The Morgan fingerprint density at radius 2 is 2.44 bits per heavy atom. The minimum absolute atomic E-state index is 0.381. The summed E-state index contributed by atoms with van der Waals surface area (Å²) in [4.78, 5) is 4.68. The maximum absolute atomic E-state index is 5.52. The van der Waals surface area contributed by atoms with E-state index >= 15 is 0 Å². The van der Waals surface area contributed by atoms with Gasteiger partial charge in [0.1, 0.15) is 0 Å². The van der Waals surface area contributed by atoms with Crippen molar-refractivity contribution in [3.63, 3.8) is 0 Å². The van der Waals surface area contributed by atoms with Crippen molar-refractivity contribution in [3.8, 4) is 0 Å². The molecule has 1 rings (SSSR count). The summed E-state index contributed by atoms with van der Waals surface area (Å²) in [7, 11) is 0. The summed E-state index contributed by atoms with van der Waals surface area (Å²) in [6, 6.07) is 0. The zero-order valence-corrected chi connectivity index (χ0v) is 5.77. The standard InChI is InChI=1S/C6H8ClNO/c7-6-4-2-1-3-5-8-9-6/h4-5H,1-3H2/b6-4+,8-5-. The zero-order valence-electron chi connectivity index (χ0n) is 5.01. The van der Waals surface area contributed by atoms with Gasteiger partial charge in [-0.3, -0.25) is 0 Å². The number of rotatable bonds is 0. The molecule has 0 saturated carbocycles. The molecule has 3 heteroatoms. The Labute approximate surface area is 59.1 Å². The van der Waals surface area contributed by atoms with Crippen molar-refractivity contribution in [2.45, 2.75) is 19.3 Å². The summed E-state index contributed by atoms with van der Waals surface area (Å²) in [5, 5.41) is 3.97. The third-order valence-electron chi connectivity index (χ3n) is 1.06. The van der Waals surface area contributed by atoms with E-state index in [1.165, 1.54) is 0 Å². The van der Waals surface area contributed by atoms with E-state index in [9.17, 15) is 0 Å². The smallest absolute Gasteiger partial charge is 0.220 e. The molecule has 0 saturated heterocycles. The number of nitrogens with zero attached hydrogens (tertiary/aromatic N) is 1. The molecule has 0 amide bonds. The van der Waals surface area contributed by atoms with Gasteiger partial charge in [-0.25, -0.2) is 0 Å². The second kappa shape index (κ2) is 3.51. The van der Waals surface area contributed by atoms with Crippen LogP contribution in [0.5, 0.6) is 0 Å². The van der Waals surface area contributed by atoms with E-state index in [0.717, 1.165) is 19.3 Å². The van der Waals surface area contributed by atoms with E-state index in [-0.39, 0.29) is 0 Å². The second-order valence-electron chi connectivity index (χ2n) is 1.82. The molecule has 0 aliphatic carbocycles. The Morgan fingerprint density at radius 1 is 1.56 bits per heavy atom. The van der Waals surface area contributed by atoms with E-state index in [4.69, 9.17) is 11.6 Å². The predicted octanol–water partition coefficient (Wildman–Crippen LogP) is 2.25. The molecule has 0 fully saturated rings. The Kier molecular flexibility index (Phi) is 2.58. The van der Waals surface area contributed by atoms with Crippen molar-refractivity contribution < 1.29 is 4.84 Å². The van der Waals surface area contributed by atoms with Crippen LogP contribution in [0.2, 0.25) is 0 Å². The number of hydrogen-bond acceptors (Lipinski definition) is 2. The number of allylic oxidation sites excluding steroid dienone is 1. The van der Waals surface area contributed by atoms with Crippen molar-refractivity contribution >= 4 is 17.8 Å². The van der Waals surface area contributed by atoms with Crippen LogP contribution in [0.25, 0.3) is 0 Å². The Morgan fingerprint density at radius 3 is 3.33 bits per heavy atom. The van der Waals surface area contributed by atoms with Crippen LogP contribution in [0.1, 0.15) is 19.3 Å². The van der Waals surface area contributed by atoms with Crippen LogP contribution in [-0.4, -0.2) is 6.21 Å². The second-order valence-corrected chi connectivity index (χ2v) is 2.19. The highest BCUT2D eigenvalue weighted by atomic mass is 35.5. The van der Waals surface area contributed by atoms with Crippen molar-refractivity contribution in [2.75, 3.05) is 0 Å². The van der Waals surface area contributed by atoms with Crippen LogP contribution in [0.3, 0.4) is 0 Å². The van der Waals surface area contributed by atoms with Crippen molar-refractivity contribution in [1.82, 2.24) is 0 Å². The molecule has 1 heterocycles. The van der Waals surface area contributed by atoms with E-state index < -0.39 is 0 Å². The fourth-order valence-electron chi connectivity index (χ4n) is 0.602. The van der Waals surface area contributed by atoms with Crippen LogP contribution >= 0.6 is 11.6 Å². The SMILES string of the molecule is Cl/C1=C\CCC/C=N\O1. The van der Waals surface area contributed by atoms with Gasteiger partial charge in [0.15, 0.2) is 0 Å². The fraction of sp³-hybridized carbons (Fsp3) is 0.500. The molecule has 0 aromatic heterocycles. The quantitative estimate of drug-likeness (QED) is 0.513. The van der Waals surface area contributed by atoms with Crippen LogP contribution < -0.4 is 0 Å². The van der Waals surface area contributed by atoms with E-state index in [2.05, 4.69) is 9.99 Å². The average Bonchev–Trinajstić information content (AvgIpc) is 1.79. The molecule has 0 unspecified atom stereocenters. The van der Waals surface area contributed by atoms with Gasteiger partial charge in [0.2, 0.25) is 5.22 Å². The number of halogens is 1. The lowest BCUT2D eigenvalue weighted by Crippen LogP contribution is -1.84. The summed E-state index contributed by atoms with van der Waals surface area (Å²) in [5.41, 5.74) is 0. The normalized spacial score (nSPS) is 28.8. The summed E-state index contributed by atoms with van der Waals surface area (Å²) >= 11 is 5.52. The van der Waals surface area contributed by atoms with Gasteiger partial charge >= 0.3 is 0 Å². The van der Waals surface area contributed by atoms with Crippen molar-refractivity contribution in [2.24, 2.45) is 5.16 Å². The van der Waals surface area contributed by atoms with Crippen LogP contribution in [-0.2, 0) is 4.84 Å². The average molecular weight is 146 g/mol. The highest BCUT2D eigenvalue weighted by Gasteiger charge is 1.93. The maximum Gasteiger partial charge on any atom is 0.220 e. The zero-order chi connectivity index (χ0) is 6.53. The first kappa shape index (κ1) is 6.62. The Hall–Kier alpha value is -0.500. The van der Waals surface area contributed by atoms with Gasteiger partial charge in [-0.1, -0.05) is 5.16 Å². The first-order valence-electron chi connectivity index (χ1n) is 2.94. The van der Waals surface area contributed by atoms with E-state index in [1.54, 1.807) is 6.21 Å². The molecular weight excluding hydrogens is 138 g/mol. The Balaban J connectivity index is 2.44. The minimum Gasteiger partial charge on any atom is -0.345 e. The summed E-state index contributed by atoms with van der Waals surface area (Å²) < 4.78 is 0. The molecular formula is C6H8ClNO. The summed E-state index contributed by atoms with van der Waals surface area (Å²) in [5.74, 6) is 0. The maximum atomic E-state index is 5.52. The molecule has 0 bridgehead atoms. The summed E-state index contributed by atoms with van der Waals surface area (Å²) in [6.07, 6.45) is 6.61. The first-order valence-corrected chi connectivity index (χ1v) is 3.32. The molecule has 0 aromatic rings. The number of oxime groups is 1. The first-order chi connectivity index (χ1) is 4.39. The van der Waals surface area contributed by atoms with Crippen LogP contribution in [0, 0.1) is 0 Å². The van der Waals surface area contributed by atoms with Gasteiger partial charge in [-0.2, -0.15) is 0 Å². The molecule has 0 aromatic carbocycles. The predicted molar refractivity (Wildman–Crippen MR) is 37.4 cm³/mol. The highest BCUT2D eigenvalue weighted by molar-refractivity contribution is 6.28. The monoisotopic (exact) mass is 145 g/mol. The molecule has 2 nitrogen and oxygen atoms in total. The number of hydrogen-bond donors (Lipinski definition) is 0. The minimum atomic E-state index is 0.381.